The van der Waals surface area contributed by atoms with Gasteiger partial charge >= 0.3 is 11.9 Å². The molecule has 0 spiro atoms. The van der Waals surface area contributed by atoms with E-state index in [9.17, 15) is 9.59 Å². The summed E-state index contributed by atoms with van der Waals surface area (Å²) in [6.07, 6.45) is -0.0000557. The Morgan fingerprint density at radius 3 is 2.17 bits per heavy atom. The van der Waals surface area contributed by atoms with Crippen molar-refractivity contribution in [1.29, 1.82) is 0 Å². The Balaban J connectivity index is 1.44. The number of esters is 2. The van der Waals surface area contributed by atoms with Crippen LogP contribution in [0.1, 0.15) is 24.5 Å². The maximum atomic E-state index is 13.0. The van der Waals surface area contributed by atoms with E-state index in [0.29, 0.717) is 0 Å². The average molecular weight is 407 g/mol. The largest absolute Gasteiger partial charge is 0.461 e. The molecule has 0 saturated carbocycles. The molecular formula is C23H26BNO5. The van der Waals surface area contributed by atoms with Crippen molar-refractivity contribution in [3.63, 3.8) is 0 Å². The SMILES string of the molecule is B[C@@H]1O[C@]2(CC(=O)OCc3ccccc3)C(C(=O)OCc3ccccc3)C1N[C@@H]2C. The van der Waals surface area contributed by atoms with Crippen LogP contribution in [0.15, 0.2) is 60.7 Å². The van der Waals surface area contributed by atoms with Crippen LogP contribution in [0.5, 0.6) is 0 Å². The molecule has 2 aliphatic heterocycles. The molecule has 7 heteroatoms. The maximum absolute atomic E-state index is 13.0. The van der Waals surface area contributed by atoms with Gasteiger partial charge in [-0.15, -0.1) is 0 Å². The van der Waals surface area contributed by atoms with Gasteiger partial charge in [0.2, 0.25) is 0 Å². The summed E-state index contributed by atoms with van der Waals surface area (Å²) in [5.74, 6) is -1.29. The van der Waals surface area contributed by atoms with Crippen molar-refractivity contribution in [3.05, 3.63) is 71.8 Å². The fraction of sp³-hybridized carbons (Fsp3) is 0.391. The Kier molecular flexibility index (Phi) is 5.93. The summed E-state index contributed by atoms with van der Waals surface area (Å²) in [7, 11) is 1.91. The second-order valence-corrected chi connectivity index (χ2v) is 8.09. The molecule has 2 saturated heterocycles. The Hall–Kier alpha value is -2.64. The van der Waals surface area contributed by atoms with Crippen molar-refractivity contribution < 1.29 is 23.8 Å². The first-order valence-corrected chi connectivity index (χ1v) is 10.3. The first-order valence-electron chi connectivity index (χ1n) is 10.3. The van der Waals surface area contributed by atoms with Crippen LogP contribution < -0.4 is 5.32 Å². The molecule has 5 atom stereocenters. The lowest BCUT2D eigenvalue weighted by molar-refractivity contribution is -0.163. The molecule has 2 fully saturated rings. The lowest BCUT2D eigenvalue weighted by atomic mass is 9.80. The van der Waals surface area contributed by atoms with E-state index < -0.39 is 11.5 Å². The number of rotatable bonds is 7. The first kappa shape index (κ1) is 20.6. The highest BCUT2D eigenvalue weighted by Crippen LogP contribution is 2.47. The van der Waals surface area contributed by atoms with Gasteiger partial charge in [-0.25, -0.2) is 0 Å². The van der Waals surface area contributed by atoms with Crippen molar-refractivity contribution >= 4 is 19.8 Å². The summed E-state index contributed by atoms with van der Waals surface area (Å²) in [6, 6.07) is 18.5. The first-order chi connectivity index (χ1) is 14.5. The molecule has 0 amide bonds. The zero-order valence-electron chi connectivity index (χ0n) is 17.2. The van der Waals surface area contributed by atoms with Crippen LogP contribution in [0, 0.1) is 5.92 Å². The molecule has 156 valence electrons. The molecule has 0 aliphatic carbocycles. The van der Waals surface area contributed by atoms with E-state index in [4.69, 9.17) is 14.2 Å². The molecular weight excluding hydrogens is 381 g/mol. The predicted molar refractivity (Wildman–Crippen MR) is 113 cm³/mol. The molecule has 2 heterocycles. The molecule has 2 aromatic rings. The fourth-order valence-corrected chi connectivity index (χ4v) is 4.58. The van der Waals surface area contributed by atoms with E-state index in [2.05, 4.69) is 5.32 Å². The van der Waals surface area contributed by atoms with Gasteiger partial charge in [0.25, 0.3) is 0 Å². The summed E-state index contributed by atoms with van der Waals surface area (Å²) < 4.78 is 17.3. The minimum Gasteiger partial charge on any atom is -0.461 e. The molecule has 0 aromatic heterocycles. The Labute approximate surface area is 177 Å². The van der Waals surface area contributed by atoms with Crippen LogP contribution in [0.2, 0.25) is 0 Å². The van der Waals surface area contributed by atoms with Crippen LogP contribution in [0.25, 0.3) is 0 Å². The van der Waals surface area contributed by atoms with Crippen LogP contribution in [0.4, 0.5) is 0 Å². The van der Waals surface area contributed by atoms with Gasteiger partial charge in [0.1, 0.15) is 32.6 Å². The fourth-order valence-electron chi connectivity index (χ4n) is 4.58. The van der Waals surface area contributed by atoms with Crippen molar-refractivity contribution in [2.75, 3.05) is 0 Å². The number of morpholine rings is 1. The molecule has 2 aliphatic rings. The van der Waals surface area contributed by atoms with Gasteiger partial charge in [-0.2, -0.15) is 0 Å². The molecule has 0 radical (unpaired) electrons. The zero-order chi connectivity index (χ0) is 21.1. The van der Waals surface area contributed by atoms with Crippen LogP contribution >= 0.6 is 0 Å². The summed E-state index contributed by atoms with van der Waals surface area (Å²) in [6.45, 7) is 2.33. The lowest BCUT2D eigenvalue weighted by Crippen LogP contribution is -2.53. The van der Waals surface area contributed by atoms with Gasteiger partial charge in [0, 0.05) is 18.1 Å². The summed E-state index contributed by atoms with van der Waals surface area (Å²) >= 11 is 0. The van der Waals surface area contributed by atoms with E-state index in [1.807, 2.05) is 75.4 Å². The van der Waals surface area contributed by atoms with Crippen molar-refractivity contribution in [1.82, 2.24) is 5.32 Å². The maximum Gasteiger partial charge on any atom is 0.313 e. The van der Waals surface area contributed by atoms with E-state index in [-0.39, 0.29) is 49.7 Å². The van der Waals surface area contributed by atoms with Crippen LogP contribution in [0.3, 0.4) is 0 Å². The number of carbonyl (C=O) groups excluding carboxylic acids is 2. The Morgan fingerprint density at radius 2 is 1.57 bits per heavy atom. The number of fused-ring (bicyclic) bond motifs is 2. The van der Waals surface area contributed by atoms with Gasteiger partial charge in [-0.1, -0.05) is 60.7 Å². The molecule has 6 nitrogen and oxygen atoms in total. The van der Waals surface area contributed by atoms with Crippen molar-refractivity contribution in [3.8, 4) is 0 Å². The molecule has 1 N–H and O–H groups in total. The van der Waals surface area contributed by atoms with Gasteiger partial charge in [0.15, 0.2) is 0 Å². The van der Waals surface area contributed by atoms with Gasteiger partial charge in [-0.3, -0.25) is 9.59 Å². The van der Waals surface area contributed by atoms with Gasteiger partial charge < -0.3 is 19.5 Å². The average Bonchev–Trinajstić information content (AvgIpc) is 3.19. The smallest absolute Gasteiger partial charge is 0.313 e. The second-order valence-electron chi connectivity index (χ2n) is 8.09. The molecule has 4 rings (SSSR count). The normalized spacial score (nSPS) is 29.5. The van der Waals surface area contributed by atoms with Gasteiger partial charge in [-0.05, 0) is 18.1 Å². The van der Waals surface area contributed by atoms with Gasteiger partial charge in [0.05, 0.1) is 6.42 Å². The summed E-state index contributed by atoms with van der Waals surface area (Å²) in [5.41, 5.74) is 0.867. The highest BCUT2D eigenvalue weighted by molar-refractivity contribution is 6.12. The second kappa shape index (κ2) is 8.62. The Bertz CT molecular complexity index is 893. The minimum absolute atomic E-state index is 0.0000557. The predicted octanol–water partition coefficient (Wildman–Crippen LogP) is 1.57. The minimum atomic E-state index is -0.967. The zero-order valence-corrected chi connectivity index (χ0v) is 17.2. The number of hydrogen-bond acceptors (Lipinski definition) is 6. The number of hydrogen-bond donors (Lipinski definition) is 1. The third kappa shape index (κ3) is 4.00. The number of benzene rings is 2. The van der Waals surface area contributed by atoms with Crippen LogP contribution in [-0.2, 0) is 37.0 Å². The number of carbonyl (C=O) groups is 2. The van der Waals surface area contributed by atoms with E-state index in [0.717, 1.165) is 11.1 Å². The molecule has 2 bridgehead atoms. The van der Waals surface area contributed by atoms with Crippen molar-refractivity contribution in [2.45, 2.75) is 50.2 Å². The van der Waals surface area contributed by atoms with Crippen LogP contribution in [-0.4, -0.2) is 43.5 Å². The van der Waals surface area contributed by atoms with E-state index >= 15 is 0 Å². The lowest BCUT2D eigenvalue weighted by Gasteiger charge is -2.36. The monoisotopic (exact) mass is 407 g/mol. The number of nitrogens with one attached hydrogen (secondary N) is 1. The van der Waals surface area contributed by atoms with E-state index in [1.54, 1.807) is 0 Å². The third-order valence-electron chi connectivity index (χ3n) is 6.11. The highest BCUT2D eigenvalue weighted by atomic mass is 16.6. The standard InChI is InChI=1S/C23H26BNO5/c1-15-23(12-18(26)28-13-16-8-4-2-5-9-16)19(20(25-15)21(24)30-23)22(27)29-14-17-10-6-3-7-11-17/h2-11,15,19-21,25H,12-14,24H2,1H3/t15-,19?,20?,21-,23+/m1/s1. The Morgan fingerprint density at radius 1 is 1.00 bits per heavy atom. The third-order valence-corrected chi connectivity index (χ3v) is 6.11. The van der Waals surface area contributed by atoms with Crippen molar-refractivity contribution in [2.24, 2.45) is 5.92 Å². The number of ether oxygens (including phenoxy) is 3. The molecule has 2 aromatic carbocycles. The molecule has 2 unspecified atom stereocenters. The highest BCUT2D eigenvalue weighted by Gasteiger charge is 2.66. The van der Waals surface area contributed by atoms with E-state index in [1.165, 1.54) is 0 Å². The summed E-state index contributed by atoms with van der Waals surface area (Å²) in [4.78, 5) is 25.7. The quantitative estimate of drug-likeness (QED) is 0.555. The molecule has 30 heavy (non-hydrogen) atoms. The summed E-state index contributed by atoms with van der Waals surface area (Å²) in [5, 5.41) is 3.42. The topological polar surface area (TPSA) is 73.9 Å².